The molecule has 0 amide bonds. The van der Waals surface area contributed by atoms with E-state index in [1.807, 2.05) is 77.9 Å². The highest BCUT2D eigenvalue weighted by Gasteiger charge is 2.30. The van der Waals surface area contributed by atoms with E-state index in [2.05, 4.69) is 46.0 Å². The maximum Gasteiger partial charge on any atom is 0.435 e. The van der Waals surface area contributed by atoms with Crippen LogP contribution in [0.25, 0.3) is 16.5 Å². The molecule has 3 aliphatic rings. The van der Waals surface area contributed by atoms with Crippen molar-refractivity contribution in [3.63, 3.8) is 0 Å². The summed E-state index contributed by atoms with van der Waals surface area (Å²) < 4.78 is 42.8. The van der Waals surface area contributed by atoms with E-state index >= 15 is 0 Å². The molecule has 5 aromatic rings. The van der Waals surface area contributed by atoms with Gasteiger partial charge < -0.3 is 35.9 Å². The molecule has 20 heteroatoms. The number of aryl methyl sites for hydroxylation is 1. The first-order valence-corrected chi connectivity index (χ1v) is 20.5. The summed E-state index contributed by atoms with van der Waals surface area (Å²) >= 11 is 5.77. The Morgan fingerprint density at radius 3 is 2.20 bits per heavy atom. The molecule has 5 N–H and O–H groups in total. The van der Waals surface area contributed by atoms with Crippen molar-refractivity contribution in [1.29, 1.82) is 0 Å². The molecular formula is C44H55Cl2F2N11O5. The van der Waals surface area contributed by atoms with E-state index in [-0.39, 0.29) is 29.5 Å². The van der Waals surface area contributed by atoms with Gasteiger partial charge in [0, 0.05) is 54.9 Å². The van der Waals surface area contributed by atoms with Crippen molar-refractivity contribution in [3.8, 4) is 0 Å². The molecule has 0 aliphatic carbocycles. The maximum absolute atomic E-state index is 13.8. The van der Waals surface area contributed by atoms with Crippen molar-refractivity contribution in [2.75, 3.05) is 36.9 Å². The number of fused-ring (bicyclic) bond motifs is 1. The molecule has 2 saturated heterocycles. The third-order valence-electron chi connectivity index (χ3n) is 8.69. The highest BCUT2D eigenvalue weighted by molar-refractivity contribution is 6.28. The summed E-state index contributed by atoms with van der Waals surface area (Å²) in [6, 6.07) is 14.2. The fourth-order valence-corrected chi connectivity index (χ4v) is 5.79. The van der Waals surface area contributed by atoms with Crippen molar-refractivity contribution < 1.29 is 32.6 Å². The van der Waals surface area contributed by atoms with E-state index in [4.69, 9.17) is 31.5 Å². The number of carbonyl (C=O) groups is 2. The van der Waals surface area contributed by atoms with Gasteiger partial charge in [0.15, 0.2) is 17.7 Å². The monoisotopic (exact) mass is 925 g/mol. The normalized spacial score (nSPS) is 17.1. The number of ether oxygens (including phenoxy) is 3. The van der Waals surface area contributed by atoms with E-state index < -0.39 is 34.8 Å². The van der Waals surface area contributed by atoms with Crippen LogP contribution in [-0.2, 0) is 19.0 Å². The first-order valence-electron chi connectivity index (χ1n) is 20.2. The summed E-state index contributed by atoms with van der Waals surface area (Å²) in [5.74, 6) is 0.295. The van der Waals surface area contributed by atoms with Gasteiger partial charge in [-0.15, -0.1) is 12.4 Å². The zero-order valence-electron chi connectivity index (χ0n) is 37.0. The molecule has 3 aliphatic heterocycles. The Bertz CT molecular complexity index is 2410. The zero-order chi connectivity index (χ0) is 46.0. The fraction of sp³-hybridized carbons (Fsp3) is 0.409. The zero-order valence-corrected chi connectivity index (χ0v) is 38.6. The molecule has 344 valence electrons. The van der Waals surface area contributed by atoms with Crippen LogP contribution in [0.2, 0.25) is 5.28 Å². The number of rotatable bonds is 6. The molecule has 8 rings (SSSR count). The van der Waals surface area contributed by atoms with Gasteiger partial charge in [-0.3, -0.25) is 4.99 Å². The van der Waals surface area contributed by atoms with Crippen LogP contribution in [-0.4, -0.2) is 103 Å². The van der Waals surface area contributed by atoms with Gasteiger partial charge in [0.05, 0.1) is 24.5 Å². The summed E-state index contributed by atoms with van der Waals surface area (Å²) in [4.78, 5) is 44.3. The molecule has 0 radical (unpaired) electrons. The lowest BCUT2D eigenvalue weighted by atomic mass is 10.0. The van der Waals surface area contributed by atoms with E-state index in [9.17, 15) is 18.4 Å². The lowest BCUT2D eigenvalue weighted by Gasteiger charge is -2.30. The van der Waals surface area contributed by atoms with Gasteiger partial charge in [-0.05, 0) is 127 Å². The molecule has 0 saturated carbocycles. The van der Waals surface area contributed by atoms with Crippen LogP contribution in [0.15, 0.2) is 78.2 Å². The number of benzene rings is 2. The molecule has 3 aromatic heterocycles. The molecule has 0 bridgehead atoms. The summed E-state index contributed by atoms with van der Waals surface area (Å²) in [5.41, 5.74) is 7.27. The van der Waals surface area contributed by atoms with Crippen molar-refractivity contribution in [2.24, 2.45) is 10.7 Å². The first-order chi connectivity index (χ1) is 29.6. The van der Waals surface area contributed by atoms with Gasteiger partial charge in [-0.2, -0.15) is 9.78 Å². The average molecular weight is 927 g/mol. The van der Waals surface area contributed by atoms with Crippen molar-refractivity contribution >= 4 is 81.8 Å². The molecule has 2 fully saturated rings. The summed E-state index contributed by atoms with van der Waals surface area (Å²) in [6.07, 6.45) is 8.26. The van der Waals surface area contributed by atoms with Gasteiger partial charge in [-0.25, -0.2) is 38.3 Å². The summed E-state index contributed by atoms with van der Waals surface area (Å²) in [5, 5.41) is 14.0. The van der Waals surface area contributed by atoms with E-state index in [1.165, 1.54) is 4.68 Å². The van der Waals surface area contributed by atoms with E-state index in [0.717, 1.165) is 48.0 Å². The highest BCUT2D eigenvalue weighted by Crippen LogP contribution is 2.26. The molecule has 2 unspecified atom stereocenters. The van der Waals surface area contributed by atoms with Gasteiger partial charge in [0.2, 0.25) is 5.28 Å². The Kier molecular flexibility index (Phi) is 17.8. The number of nitrogens with two attached hydrogens (primary N) is 1. The average Bonchev–Trinajstić information content (AvgIpc) is 3.98. The van der Waals surface area contributed by atoms with Gasteiger partial charge in [0.25, 0.3) is 0 Å². The maximum atomic E-state index is 13.8. The van der Waals surface area contributed by atoms with E-state index in [0.29, 0.717) is 42.0 Å². The van der Waals surface area contributed by atoms with Crippen LogP contribution in [0.1, 0.15) is 66.3 Å². The van der Waals surface area contributed by atoms with Gasteiger partial charge >= 0.3 is 12.1 Å². The number of alkyl halides is 1. The van der Waals surface area contributed by atoms with Crippen LogP contribution in [0.5, 0.6) is 0 Å². The van der Waals surface area contributed by atoms with Crippen molar-refractivity contribution in [3.05, 3.63) is 95.7 Å². The van der Waals surface area contributed by atoms with Gasteiger partial charge in [-0.1, -0.05) is 12.1 Å². The number of aliphatic imine (C=N–C) groups is 1. The lowest BCUT2D eigenvalue weighted by molar-refractivity contribution is -0.155. The lowest BCUT2D eigenvalue weighted by Crippen LogP contribution is -2.53. The number of halogens is 4. The number of esters is 1. The number of hydrogen-bond acceptors (Lipinski definition) is 15. The predicted molar refractivity (Wildman–Crippen MR) is 247 cm³/mol. The second-order valence-corrected chi connectivity index (χ2v) is 17.3. The third-order valence-corrected chi connectivity index (χ3v) is 8.87. The topological polar surface area (TPSA) is 206 Å². The number of aromatic nitrogens is 6. The smallest absolute Gasteiger partial charge is 0.435 e. The summed E-state index contributed by atoms with van der Waals surface area (Å²) in [6.45, 7) is 16.9. The number of hydrogen-bond donors (Lipinski definition) is 4. The SMILES string of the molecule is CC(C)(C)OC(=O)n1ncc2cc(Nc3ccnc(Cl)n3)ccc21.CC1(F)CNC1.Cc1ncc(F)c(Nc2ccc(C3=CC(C(=O)OC(C)(C)C)N=C3)cc2)n1.Cl.NC1CCOC1. The quantitative estimate of drug-likeness (QED) is 0.0934. The van der Waals surface area contributed by atoms with Gasteiger partial charge in [0.1, 0.15) is 28.5 Å². The van der Waals surface area contributed by atoms with Crippen LogP contribution in [0, 0.1) is 12.7 Å². The minimum Gasteiger partial charge on any atom is -0.458 e. The van der Waals surface area contributed by atoms with Crippen molar-refractivity contribution in [1.82, 2.24) is 35.0 Å². The molecule has 16 nitrogen and oxygen atoms in total. The number of nitrogens with one attached hydrogen (secondary N) is 3. The van der Waals surface area contributed by atoms with E-state index in [1.54, 1.807) is 50.7 Å². The minimum atomic E-state index is -0.889. The Labute approximate surface area is 382 Å². The Hall–Kier alpha value is -5.66. The Balaban J connectivity index is 0.000000220. The second-order valence-electron chi connectivity index (χ2n) is 17.0. The molecular weight excluding hydrogens is 871 g/mol. The molecule has 64 heavy (non-hydrogen) atoms. The minimum absolute atomic E-state index is 0. The largest absolute Gasteiger partial charge is 0.458 e. The highest BCUT2D eigenvalue weighted by atomic mass is 35.5. The molecule has 2 aromatic carbocycles. The predicted octanol–water partition coefficient (Wildman–Crippen LogP) is 8.33. The number of nitrogens with zero attached hydrogens (tertiary/aromatic N) is 7. The Morgan fingerprint density at radius 1 is 0.969 bits per heavy atom. The number of anilines is 4. The van der Waals surface area contributed by atoms with Crippen LogP contribution in [0.3, 0.4) is 0 Å². The second kappa shape index (κ2) is 22.3. The standard InChI is InChI=1S/C20H21FN4O2.C16H16ClN5O2.C4H8FN.C4H9NO.ClH/c1-12-22-11-16(21)18(24-12)25-15-7-5-13(6-8-15)14-9-17(23-10-14)19(26)27-20(2,3)4;1-16(2,3)24-15(23)22-12-5-4-11(8-10(12)9-19-22)20-13-6-7-18-14(17)21-13;1-4(5)2-6-3-4;5-4-1-2-6-3-4;/h5-11,17H,1-4H3,(H,22,24,25);4-9H,1-3H3,(H,18,20,21);6H,2-3H2,1H3;4H,1-3,5H2;1H. The summed E-state index contributed by atoms with van der Waals surface area (Å²) in [7, 11) is 0. The molecule has 6 heterocycles. The third kappa shape index (κ3) is 16.2. The molecule has 2 atom stereocenters. The first kappa shape index (κ1) is 51.0. The van der Waals surface area contributed by atoms with Crippen molar-refractivity contribution in [2.45, 2.75) is 90.8 Å². The fourth-order valence-electron chi connectivity index (χ4n) is 5.64. The molecule has 0 spiro atoms. The van der Waals surface area contributed by atoms with Crippen LogP contribution >= 0.6 is 24.0 Å². The number of allylic oxidation sites excluding steroid dienone is 1. The van der Waals surface area contributed by atoms with Crippen LogP contribution < -0.4 is 21.7 Å². The number of carbonyl (C=O) groups excluding carboxylic acids is 2. The van der Waals surface area contributed by atoms with Crippen LogP contribution in [0.4, 0.5) is 36.6 Å². The Morgan fingerprint density at radius 2 is 1.64 bits per heavy atom.